The number of nitrogens with one attached hydrogen (secondary N) is 1. The van der Waals surface area contributed by atoms with E-state index in [2.05, 4.69) is 20.3 Å². The second kappa shape index (κ2) is 5.20. The molecule has 21 heavy (non-hydrogen) atoms. The molecule has 0 fully saturated rings. The quantitative estimate of drug-likeness (QED) is 0.768. The molecular weight excluding hydrogens is 270 g/mol. The summed E-state index contributed by atoms with van der Waals surface area (Å²) in [6, 6.07) is 8.63. The van der Waals surface area contributed by atoms with Crippen LogP contribution in [-0.4, -0.2) is 30.7 Å². The summed E-state index contributed by atoms with van der Waals surface area (Å²) in [6.45, 7) is 1.73. The van der Waals surface area contributed by atoms with Crippen LogP contribution >= 0.6 is 0 Å². The fraction of sp³-hybridized carbons (Fsp3) is 0.143. The van der Waals surface area contributed by atoms with Crippen LogP contribution in [0.15, 0.2) is 42.7 Å². The van der Waals surface area contributed by atoms with E-state index < -0.39 is 12.1 Å². The van der Waals surface area contributed by atoms with Gasteiger partial charge in [-0.2, -0.15) is 0 Å². The molecule has 0 unspecified atom stereocenters. The summed E-state index contributed by atoms with van der Waals surface area (Å²) < 4.78 is 1.76. The molecule has 1 atom stereocenters. The molecule has 0 radical (unpaired) electrons. The monoisotopic (exact) mass is 283 g/mol. The third-order valence-electron chi connectivity index (χ3n) is 3.05. The highest BCUT2D eigenvalue weighted by Crippen LogP contribution is 2.22. The number of fused-ring (bicyclic) bond motifs is 1. The van der Waals surface area contributed by atoms with E-state index in [4.69, 9.17) is 5.11 Å². The first-order valence-electron chi connectivity index (χ1n) is 6.41. The Kier molecular flexibility index (Phi) is 3.23. The Bertz CT molecular complexity index is 784. The minimum Gasteiger partial charge on any atom is -0.465 e. The van der Waals surface area contributed by atoms with Gasteiger partial charge in [-0.1, -0.05) is 6.07 Å². The Hall–Kier alpha value is -2.96. The number of amides is 1. The molecule has 0 aromatic carbocycles. The number of hydrogen-bond acceptors (Lipinski definition) is 4. The van der Waals surface area contributed by atoms with Gasteiger partial charge in [0.05, 0.1) is 6.04 Å². The van der Waals surface area contributed by atoms with Crippen LogP contribution in [0.4, 0.5) is 4.79 Å². The lowest BCUT2D eigenvalue weighted by atomic mass is 10.3. The van der Waals surface area contributed by atoms with Crippen molar-refractivity contribution in [1.29, 1.82) is 0 Å². The van der Waals surface area contributed by atoms with E-state index in [1.807, 2.05) is 24.3 Å². The summed E-state index contributed by atoms with van der Waals surface area (Å²) in [5.41, 5.74) is 1.34. The smallest absolute Gasteiger partial charge is 0.405 e. The summed E-state index contributed by atoms with van der Waals surface area (Å²) in [5.74, 6) is 1.19. The van der Waals surface area contributed by atoms with Crippen molar-refractivity contribution in [2.75, 3.05) is 0 Å². The first-order valence-corrected chi connectivity index (χ1v) is 6.41. The van der Waals surface area contributed by atoms with Gasteiger partial charge in [-0.25, -0.2) is 19.7 Å². The van der Waals surface area contributed by atoms with E-state index in [-0.39, 0.29) is 0 Å². The van der Waals surface area contributed by atoms with E-state index >= 15 is 0 Å². The van der Waals surface area contributed by atoms with E-state index in [1.54, 1.807) is 30.0 Å². The van der Waals surface area contributed by atoms with Gasteiger partial charge >= 0.3 is 6.09 Å². The van der Waals surface area contributed by atoms with Gasteiger partial charge < -0.3 is 10.4 Å². The number of rotatable bonds is 3. The van der Waals surface area contributed by atoms with Crippen LogP contribution < -0.4 is 5.32 Å². The molecule has 0 saturated carbocycles. The molecule has 0 bridgehead atoms. The lowest BCUT2D eigenvalue weighted by molar-refractivity contribution is 0.190. The summed E-state index contributed by atoms with van der Waals surface area (Å²) in [4.78, 5) is 24.0. The number of imidazole rings is 1. The van der Waals surface area contributed by atoms with E-state index in [0.717, 1.165) is 0 Å². The molecule has 3 heterocycles. The van der Waals surface area contributed by atoms with Crippen LogP contribution in [0.3, 0.4) is 0 Å². The molecule has 3 rings (SSSR count). The van der Waals surface area contributed by atoms with Gasteiger partial charge in [0.15, 0.2) is 5.65 Å². The minimum absolute atomic E-state index is 0.487. The first-order chi connectivity index (χ1) is 10.2. The molecule has 7 nitrogen and oxygen atoms in total. The molecule has 3 aromatic rings. The zero-order chi connectivity index (χ0) is 14.8. The maximum atomic E-state index is 10.9. The number of carboxylic acid groups (broad SMARTS) is 1. The fourth-order valence-electron chi connectivity index (χ4n) is 2.18. The molecule has 0 spiro atoms. The number of pyridine rings is 2. The zero-order valence-corrected chi connectivity index (χ0v) is 11.3. The van der Waals surface area contributed by atoms with Gasteiger partial charge in [0.2, 0.25) is 0 Å². The maximum Gasteiger partial charge on any atom is 0.405 e. The summed E-state index contributed by atoms with van der Waals surface area (Å²) >= 11 is 0. The molecule has 7 heteroatoms. The van der Waals surface area contributed by atoms with Gasteiger partial charge in [0, 0.05) is 12.4 Å². The average molecular weight is 283 g/mol. The second-order valence-electron chi connectivity index (χ2n) is 4.51. The minimum atomic E-state index is -1.10. The molecule has 106 valence electrons. The summed E-state index contributed by atoms with van der Waals surface area (Å²) in [7, 11) is 0. The van der Waals surface area contributed by atoms with Gasteiger partial charge in [-0.3, -0.25) is 4.57 Å². The normalized spacial score (nSPS) is 12.2. The predicted molar refractivity (Wildman–Crippen MR) is 76.2 cm³/mol. The standard InChI is InChI=1S/C14H13N5O2/c1-9(17-14(20)21)12-18-10-5-4-8-16-13(10)19(12)11-6-2-3-7-15-11/h2-9,17H,1H3,(H,20,21)/t9-/m0/s1. The van der Waals surface area contributed by atoms with Crippen molar-refractivity contribution in [2.24, 2.45) is 0 Å². The highest BCUT2D eigenvalue weighted by atomic mass is 16.4. The van der Waals surface area contributed by atoms with Crippen molar-refractivity contribution in [2.45, 2.75) is 13.0 Å². The van der Waals surface area contributed by atoms with Crippen LogP contribution in [0.25, 0.3) is 17.0 Å². The van der Waals surface area contributed by atoms with Gasteiger partial charge in [0.25, 0.3) is 0 Å². The summed E-state index contributed by atoms with van der Waals surface area (Å²) in [5, 5.41) is 11.3. The molecule has 0 aliphatic rings. The third-order valence-corrected chi connectivity index (χ3v) is 3.05. The second-order valence-corrected chi connectivity index (χ2v) is 4.51. The predicted octanol–water partition coefficient (Wildman–Crippen LogP) is 2.14. The van der Waals surface area contributed by atoms with Crippen molar-refractivity contribution < 1.29 is 9.90 Å². The Balaban J connectivity index is 2.21. The van der Waals surface area contributed by atoms with Crippen molar-refractivity contribution >= 4 is 17.3 Å². The number of hydrogen-bond donors (Lipinski definition) is 2. The molecule has 1 amide bonds. The highest BCUT2D eigenvalue weighted by Gasteiger charge is 2.20. The molecular formula is C14H13N5O2. The lowest BCUT2D eigenvalue weighted by Gasteiger charge is -2.13. The van der Waals surface area contributed by atoms with Crippen molar-refractivity contribution in [1.82, 2.24) is 24.8 Å². The van der Waals surface area contributed by atoms with Gasteiger partial charge in [-0.05, 0) is 31.2 Å². The molecule has 0 saturated heterocycles. The Morgan fingerprint density at radius 3 is 2.76 bits per heavy atom. The van der Waals surface area contributed by atoms with Gasteiger partial charge in [0.1, 0.15) is 17.2 Å². The maximum absolute atomic E-state index is 10.9. The fourth-order valence-corrected chi connectivity index (χ4v) is 2.18. The summed E-state index contributed by atoms with van der Waals surface area (Å²) in [6.07, 6.45) is 2.24. The Morgan fingerprint density at radius 1 is 1.24 bits per heavy atom. The SMILES string of the molecule is C[C@H](NC(=O)O)c1nc2cccnc2n1-c1ccccn1. The average Bonchev–Trinajstić information content (AvgIpc) is 2.87. The Labute approximate surface area is 120 Å². The lowest BCUT2D eigenvalue weighted by Crippen LogP contribution is -2.26. The van der Waals surface area contributed by atoms with Crippen LogP contribution in [0.1, 0.15) is 18.8 Å². The number of carbonyl (C=O) groups is 1. The van der Waals surface area contributed by atoms with E-state index in [9.17, 15) is 4.79 Å². The van der Waals surface area contributed by atoms with Crippen LogP contribution in [0.2, 0.25) is 0 Å². The molecule has 0 aliphatic heterocycles. The third kappa shape index (κ3) is 2.40. The van der Waals surface area contributed by atoms with Crippen LogP contribution in [-0.2, 0) is 0 Å². The number of aromatic nitrogens is 4. The largest absolute Gasteiger partial charge is 0.465 e. The van der Waals surface area contributed by atoms with Crippen LogP contribution in [0.5, 0.6) is 0 Å². The molecule has 3 aromatic heterocycles. The number of nitrogens with zero attached hydrogens (tertiary/aromatic N) is 4. The molecule has 0 aliphatic carbocycles. The van der Waals surface area contributed by atoms with E-state index in [0.29, 0.717) is 22.8 Å². The Morgan fingerprint density at radius 2 is 2.05 bits per heavy atom. The van der Waals surface area contributed by atoms with Crippen molar-refractivity contribution in [3.63, 3.8) is 0 Å². The first kappa shape index (κ1) is 13.0. The van der Waals surface area contributed by atoms with Gasteiger partial charge in [-0.15, -0.1) is 0 Å². The molecule has 2 N–H and O–H groups in total. The highest BCUT2D eigenvalue weighted by molar-refractivity contribution is 5.74. The van der Waals surface area contributed by atoms with Crippen LogP contribution in [0, 0.1) is 0 Å². The zero-order valence-electron chi connectivity index (χ0n) is 11.3. The van der Waals surface area contributed by atoms with E-state index in [1.165, 1.54) is 0 Å². The topological polar surface area (TPSA) is 92.9 Å². The van der Waals surface area contributed by atoms with Crippen molar-refractivity contribution in [3.05, 3.63) is 48.5 Å². The van der Waals surface area contributed by atoms with Crippen molar-refractivity contribution in [3.8, 4) is 5.82 Å².